The topological polar surface area (TPSA) is 80.8 Å². The fourth-order valence-corrected chi connectivity index (χ4v) is 8.27. The zero-order chi connectivity index (χ0) is 22.8. The Morgan fingerprint density at radius 2 is 1.59 bits per heavy atom. The maximum atomic E-state index is 13.7. The molecule has 0 aromatic heterocycles. The van der Waals surface area contributed by atoms with Crippen LogP contribution in [0.4, 0.5) is 0 Å². The molecule has 0 amide bonds. The highest BCUT2D eigenvalue weighted by Crippen LogP contribution is 2.34. The van der Waals surface area contributed by atoms with Crippen molar-refractivity contribution in [2.75, 3.05) is 18.6 Å². The molecule has 1 atom stereocenters. The minimum atomic E-state index is -3.86. The highest BCUT2D eigenvalue weighted by Gasteiger charge is 2.39. The standard InChI is InChI=1S/C24H31NO5S2/c1-30-23-11-7-19(8-12-23)17-25(22-15-16-31(26,27)18-22)32(28,29)24-13-9-21(10-14-24)20-5-3-2-4-6-20/h7-14,20,22H,2-6,15-18H2,1H3/t22-/m0/s1. The Morgan fingerprint density at radius 1 is 0.938 bits per heavy atom. The lowest BCUT2D eigenvalue weighted by atomic mass is 9.84. The summed E-state index contributed by atoms with van der Waals surface area (Å²) >= 11 is 0. The number of ether oxygens (including phenoxy) is 1. The van der Waals surface area contributed by atoms with E-state index in [1.165, 1.54) is 29.1 Å². The molecule has 1 heterocycles. The van der Waals surface area contributed by atoms with E-state index in [1.54, 1.807) is 31.4 Å². The van der Waals surface area contributed by atoms with Crippen LogP contribution in [-0.2, 0) is 26.4 Å². The SMILES string of the molecule is COc1ccc(CN([C@H]2CCS(=O)(=O)C2)S(=O)(=O)c2ccc(C3CCCCC3)cc2)cc1. The summed E-state index contributed by atoms with van der Waals surface area (Å²) in [6.45, 7) is 0.122. The molecular weight excluding hydrogens is 446 g/mol. The fourth-order valence-electron chi connectivity index (χ4n) is 4.81. The van der Waals surface area contributed by atoms with Crippen LogP contribution in [0.3, 0.4) is 0 Å². The van der Waals surface area contributed by atoms with E-state index in [4.69, 9.17) is 4.74 Å². The molecule has 174 valence electrons. The molecule has 2 fully saturated rings. The predicted molar refractivity (Wildman–Crippen MR) is 125 cm³/mol. The Labute approximate surface area is 191 Å². The molecule has 0 N–H and O–H groups in total. The van der Waals surface area contributed by atoms with Crippen LogP contribution >= 0.6 is 0 Å². The predicted octanol–water partition coefficient (Wildman–Crippen LogP) is 4.12. The van der Waals surface area contributed by atoms with Gasteiger partial charge in [-0.15, -0.1) is 0 Å². The van der Waals surface area contributed by atoms with Crippen LogP contribution in [0, 0.1) is 0 Å². The van der Waals surface area contributed by atoms with E-state index in [2.05, 4.69) is 0 Å². The first kappa shape index (κ1) is 23.3. The molecule has 1 saturated heterocycles. The average molecular weight is 478 g/mol. The first-order valence-electron chi connectivity index (χ1n) is 11.2. The minimum Gasteiger partial charge on any atom is -0.497 e. The van der Waals surface area contributed by atoms with Crippen molar-refractivity contribution in [2.24, 2.45) is 0 Å². The summed E-state index contributed by atoms with van der Waals surface area (Å²) in [5.41, 5.74) is 1.98. The van der Waals surface area contributed by atoms with E-state index < -0.39 is 25.9 Å². The molecule has 8 heteroatoms. The zero-order valence-electron chi connectivity index (χ0n) is 18.4. The van der Waals surface area contributed by atoms with Gasteiger partial charge in [-0.25, -0.2) is 16.8 Å². The van der Waals surface area contributed by atoms with Crippen molar-refractivity contribution >= 4 is 19.9 Å². The molecule has 2 aliphatic rings. The fraction of sp³-hybridized carbons (Fsp3) is 0.500. The highest BCUT2D eigenvalue weighted by atomic mass is 32.2. The van der Waals surface area contributed by atoms with Crippen molar-refractivity contribution in [3.05, 3.63) is 59.7 Å². The van der Waals surface area contributed by atoms with E-state index in [9.17, 15) is 16.8 Å². The van der Waals surface area contributed by atoms with Gasteiger partial charge in [-0.05, 0) is 60.6 Å². The Bertz CT molecular complexity index is 1120. The van der Waals surface area contributed by atoms with Crippen LogP contribution in [0.1, 0.15) is 55.6 Å². The Kier molecular flexibility index (Phi) is 6.93. The number of sulfonamides is 1. The zero-order valence-corrected chi connectivity index (χ0v) is 20.1. The molecule has 1 aliphatic carbocycles. The molecular formula is C24H31NO5S2. The number of hydrogen-bond acceptors (Lipinski definition) is 5. The summed E-state index contributed by atoms with van der Waals surface area (Å²) in [4.78, 5) is 0.217. The molecule has 0 radical (unpaired) electrons. The van der Waals surface area contributed by atoms with Gasteiger partial charge < -0.3 is 4.74 Å². The maximum absolute atomic E-state index is 13.7. The van der Waals surface area contributed by atoms with Crippen molar-refractivity contribution < 1.29 is 21.6 Å². The third-order valence-corrected chi connectivity index (χ3v) is 10.3. The second-order valence-electron chi connectivity index (χ2n) is 8.86. The van der Waals surface area contributed by atoms with E-state index in [-0.39, 0.29) is 22.9 Å². The Morgan fingerprint density at radius 3 is 2.16 bits per heavy atom. The number of nitrogens with zero attached hydrogens (tertiary/aromatic N) is 1. The molecule has 2 aromatic carbocycles. The summed E-state index contributed by atoms with van der Waals surface area (Å²) in [6.07, 6.45) is 6.32. The lowest BCUT2D eigenvalue weighted by Gasteiger charge is -2.28. The minimum absolute atomic E-state index is 0.0208. The van der Waals surface area contributed by atoms with Crippen LogP contribution in [0.2, 0.25) is 0 Å². The van der Waals surface area contributed by atoms with E-state index in [0.29, 0.717) is 18.1 Å². The summed E-state index contributed by atoms with van der Waals surface area (Å²) < 4.78 is 58.1. The van der Waals surface area contributed by atoms with Crippen LogP contribution < -0.4 is 4.74 Å². The number of methoxy groups -OCH3 is 1. The number of benzene rings is 2. The van der Waals surface area contributed by atoms with Crippen molar-refractivity contribution in [1.82, 2.24) is 4.31 Å². The van der Waals surface area contributed by atoms with Crippen molar-refractivity contribution in [3.63, 3.8) is 0 Å². The van der Waals surface area contributed by atoms with Crippen LogP contribution in [0.15, 0.2) is 53.4 Å². The largest absolute Gasteiger partial charge is 0.497 e. The molecule has 0 spiro atoms. The van der Waals surface area contributed by atoms with Crippen molar-refractivity contribution in [2.45, 2.75) is 61.9 Å². The first-order chi connectivity index (χ1) is 15.3. The Balaban J connectivity index is 1.62. The second-order valence-corrected chi connectivity index (χ2v) is 13.0. The van der Waals surface area contributed by atoms with Gasteiger partial charge in [0.1, 0.15) is 5.75 Å². The number of rotatable bonds is 7. The van der Waals surface area contributed by atoms with Crippen LogP contribution in [-0.4, -0.2) is 45.8 Å². The van der Waals surface area contributed by atoms with E-state index in [0.717, 1.165) is 18.4 Å². The molecule has 2 aromatic rings. The molecule has 1 saturated carbocycles. The smallest absolute Gasteiger partial charge is 0.243 e. The molecule has 4 rings (SSSR count). The summed E-state index contributed by atoms with van der Waals surface area (Å²) in [6, 6.07) is 13.9. The highest BCUT2D eigenvalue weighted by molar-refractivity contribution is 7.92. The van der Waals surface area contributed by atoms with Gasteiger partial charge in [0.15, 0.2) is 9.84 Å². The molecule has 1 aliphatic heterocycles. The van der Waals surface area contributed by atoms with E-state index in [1.807, 2.05) is 24.3 Å². The van der Waals surface area contributed by atoms with Gasteiger partial charge in [0.25, 0.3) is 0 Å². The third kappa shape index (κ3) is 5.18. The van der Waals surface area contributed by atoms with Gasteiger partial charge in [-0.1, -0.05) is 43.5 Å². The van der Waals surface area contributed by atoms with Gasteiger partial charge in [-0.2, -0.15) is 4.31 Å². The summed E-state index contributed by atoms with van der Waals surface area (Å²) in [7, 11) is -5.52. The van der Waals surface area contributed by atoms with Gasteiger partial charge in [-0.3, -0.25) is 0 Å². The monoisotopic (exact) mass is 477 g/mol. The number of hydrogen-bond donors (Lipinski definition) is 0. The molecule has 32 heavy (non-hydrogen) atoms. The first-order valence-corrected chi connectivity index (χ1v) is 14.5. The maximum Gasteiger partial charge on any atom is 0.243 e. The normalized spacial score (nSPS) is 21.6. The van der Waals surface area contributed by atoms with Gasteiger partial charge in [0.2, 0.25) is 10.0 Å². The lowest BCUT2D eigenvalue weighted by molar-refractivity contribution is 0.334. The van der Waals surface area contributed by atoms with Gasteiger partial charge in [0.05, 0.1) is 23.5 Å². The summed E-state index contributed by atoms with van der Waals surface area (Å²) in [5, 5.41) is 0. The van der Waals surface area contributed by atoms with Gasteiger partial charge >= 0.3 is 0 Å². The van der Waals surface area contributed by atoms with Gasteiger partial charge in [0, 0.05) is 12.6 Å². The van der Waals surface area contributed by atoms with Crippen LogP contribution in [0.25, 0.3) is 0 Å². The average Bonchev–Trinajstić information content (AvgIpc) is 3.17. The third-order valence-electron chi connectivity index (χ3n) is 6.68. The van der Waals surface area contributed by atoms with E-state index >= 15 is 0 Å². The second kappa shape index (κ2) is 9.53. The van der Waals surface area contributed by atoms with Crippen LogP contribution in [0.5, 0.6) is 5.75 Å². The summed E-state index contributed by atoms with van der Waals surface area (Å²) in [5.74, 6) is 1.07. The van der Waals surface area contributed by atoms with Crippen molar-refractivity contribution in [3.8, 4) is 5.75 Å². The molecule has 0 bridgehead atoms. The van der Waals surface area contributed by atoms with Crippen molar-refractivity contribution in [1.29, 1.82) is 0 Å². The Hall–Kier alpha value is -1.90. The lowest BCUT2D eigenvalue weighted by Crippen LogP contribution is -2.40. The molecule has 0 unspecified atom stereocenters. The molecule has 6 nitrogen and oxygen atoms in total. The number of sulfone groups is 1. The quantitative estimate of drug-likeness (QED) is 0.599.